The number of fused-ring (bicyclic) bond motifs is 1. The summed E-state index contributed by atoms with van der Waals surface area (Å²) in [5, 5.41) is 0. The Bertz CT molecular complexity index is 604. The average molecular weight is 341 g/mol. The molecule has 0 amide bonds. The fraction of sp³-hybridized carbons (Fsp3) is 0.429. The fourth-order valence-corrected chi connectivity index (χ4v) is 3.56. The number of rotatable bonds is 2. The molecule has 2 aromatic heterocycles. The van der Waals surface area contributed by atoms with Crippen LogP contribution in [0.1, 0.15) is 13.3 Å². The third kappa shape index (κ3) is 2.32. The molecule has 1 aliphatic heterocycles. The van der Waals surface area contributed by atoms with E-state index in [0.717, 1.165) is 27.7 Å². The molecule has 0 spiro atoms. The lowest BCUT2D eigenvalue weighted by Crippen LogP contribution is -2.33. The van der Waals surface area contributed by atoms with Crippen molar-refractivity contribution in [2.75, 3.05) is 17.3 Å². The van der Waals surface area contributed by atoms with E-state index in [1.54, 1.807) is 0 Å². The maximum atomic E-state index is 6.14. The zero-order valence-corrected chi connectivity index (χ0v) is 13.0. The van der Waals surface area contributed by atoms with E-state index in [9.17, 15) is 0 Å². The van der Waals surface area contributed by atoms with Crippen LogP contribution in [-0.2, 0) is 0 Å². The highest BCUT2D eigenvalue weighted by Crippen LogP contribution is 2.34. The van der Waals surface area contributed by atoms with Crippen LogP contribution >= 0.6 is 27.5 Å². The molecule has 1 saturated heterocycles. The van der Waals surface area contributed by atoms with Gasteiger partial charge in [0.1, 0.15) is 5.52 Å². The van der Waals surface area contributed by atoms with Crippen molar-refractivity contribution in [3.05, 3.63) is 29.0 Å². The normalized spacial score (nSPS) is 23.2. The van der Waals surface area contributed by atoms with Crippen LogP contribution in [0.2, 0.25) is 0 Å². The van der Waals surface area contributed by atoms with Gasteiger partial charge in [0.2, 0.25) is 0 Å². The number of pyridine rings is 2. The summed E-state index contributed by atoms with van der Waals surface area (Å²) < 4.78 is 0.952. The van der Waals surface area contributed by atoms with Crippen LogP contribution < -0.4 is 4.90 Å². The van der Waals surface area contributed by atoms with Gasteiger partial charge < -0.3 is 4.90 Å². The van der Waals surface area contributed by atoms with Crippen molar-refractivity contribution in [3.8, 4) is 0 Å². The van der Waals surface area contributed by atoms with Crippen molar-refractivity contribution < 1.29 is 0 Å². The number of halogens is 2. The van der Waals surface area contributed by atoms with Crippen molar-refractivity contribution in [3.63, 3.8) is 0 Å². The van der Waals surface area contributed by atoms with Crippen molar-refractivity contribution in [2.45, 2.75) is 19.4 Å². The summed E-state index contributed by atoms with van der Waals surface area (Å²) in [6.07, 6.45) is 4.85. The summed E-state index contributed by atoms with van der Waals surface area (Å²) in [7, 11) is 0. The summed E-state index contributed by atoms with van der Waals surface area (Å²) in [4.78, 5) is 11.3. The van der Waals surface area contributed by atoms with Gasteiger partial charge in [-0.05, 0) is 40.4 Å². The second-order valence-corrected chi connectivity index (χ2v) is 6.26. The van der Waals surface area contributed by atoms with Gasteiger partial charge in [-0.25, -0.2) is 0 Å². The lowest BCUT2D eigenvalue weighted by Gasteiger charge is -2.27. The Labute approximate surface area is 126 Å². The van der Waals surface area contributed by atoms with Gasteiger partial charge in [-0.15, -0.1) is 11.6 Å². The van der Waals surface area contributed by atoms with Crippen LogP contribution in [0.25, 0.3) is 11.0 Å². The molecule has 0 radical (unpaired) electrons. The third-order valence-electron chi connectivity index (χ3n) is 3.87. The van der Waals surface area contributed by atoms with E-state index < -0.39 is 0 Å². The molecule has 2 aromatic rings. The van der Waals surface area contributed by atoms with E-state index in [1.165, 1.54) is 6.42 Å². The zero-order valence-electron chi connectivity index (χ0n) is 10.7. The highest BCUT2D eigenvalue weighted by atomic mass is 79.9. The first-order valence-electron chi connectivity index (χ1n) is 6.43. The van der Waals surface area contributed by atoms with Gasteiger partial charge in [-0.1, -0.05) is 6.92 Å². The largest absolute Gasteiger partial charge is 0.365 e. The Morgan fingerprint density at radius 2 is 2.32 bits per heavy atom. The van der Waals surface area contributed by atoms with Gasteiger partial charge in [0.15, 0.2) is 0 Å². The molecule has 5 heteroatoms. The number of aromatic nitrogens is 2. The Kier molecular flexibility index (Phi) is 3.63. The molecule has 1 aliphatic rings. The van der Waals surface area contributed by atoms with Gasteiger partial charge in [-0.3, -0.25) is 9.97 Å². The average Bonchev–Trinajstić information content (AvgIpc) is 2.78. The molecule has 2 atom stereocenters. The lowest BCUT2D eigenvalue weighted by molar-refractivity contribution is 0.550. The van der Waals surface area contributed by atoms with E-state index in [2.05, 4.69) is 37.7 Å². The molecular weight excluding hydrogens is 326 g/mol. The maximum absolute atomic E-state index is 6.14. The molecule has 3 nitrogen and oxygen atoms in total. The summed E-state index contributed by atoms with van der Waals surface area (Å²) >= 11 is 9.58. The van der Waals surface area contributed by atoms with Gasteiger partial charge in [0.25, 0.3) is 0 Å². The van der Waals surface area contributed by atoms with E-state index in [1.807, 2.05) is 24.5 Å². The van der Waals surface area contributed by atoms with Crippen LogP contribution in [-0.4, -0.2) is 28.4 Å². The SMILES string of the molecule is CC1CCN(c2ccnc3cc(Br)cnc23)C1CCl. The fourth-order valence-electron chi connectivity index (χ4n) is 2.77. The Morgan fingerprint density at radius 3 is 3.11 bits per heavy atom. The van der Waals surface area contributed by atoms with Crippen molar-refractivity contribution in [2.24, 2.45) is 5.92 Å². The van der Waals surface area contributed by atoms with Gasteiger partial charge in [0.05, 0.1) is 11.2 Å². The minimum Gasteiger partial charge on any atom is -0.365 e. The van der Waals surface area contributed by atoms with Crippen LogP contribution in [0.3, 0.4) is 0 Å². The minimum absolute atomic E-state index is 0.387. The highest BCUT2D eigenvalue weighted by Gasteiger charge is 2.31. The summed E-state index contributed by atoms with van der Waals surface area (Å²) in [5.74, 6) is 1.28. The number of alkyl halides is 1. The molecule has 2 unspecified atom stereocenters. The van der Waals surface area contributed by atoms with E-state index >= 15 is 0 Å². The Balaban J connectivity index is 2.10. The van der Waals surface area contributed by atoms with E-state index in [-0.39, 0.29) is 0 Å². The monoisotopic (exact) mass is 339 g/mol. The molecule has 0 N–H and O–H groups in total. The van der Waals surface area contributed by atoms with Crippen molar-refractivity contribution in [1.29, 1.82) is 0 Å². The van der Waals surface area contributed by atoms with E-state index in [0.29, 0.717) is 17.8 Å². The van der Waals surface area contributed by atoms with Crippen molar-refractivity contribution in [1.82, 2.24) is 9.97 Å². The molecule has 0 aliphatic carbocycles. The minimum atomic E-state index is 0.387. The Hall–Kier alpha value is -0.870. The number of hydrogen-bond donors (Lipinski definition) is 0. The molecule has 0 bridgehead atoms. The van der Waals surface area contributed by atoms with Gasteiger partial charge >= 0.3 is 0 Å². The molecule has 3 heterocycles. The molecular formula is C14H15BrClN3. The molecule has 3 rings (SSSR count). The first-order chi connectivity index (χ1) is 9.20. The van der Waals surface area contributed by atoms with Crippen LogP contribution in [0.5, 0.6) is 0 Å². The molecule has 0 saturated carbocycles. The van der Waals surface area contributed by atoms with Crippen molar-refractivity contribution >= 4 is 44.3 Å². The first kappa shape index (κ1) is 13.1. The predicted octanol–water partition coefficient (Wildman–Crippen LogP) is 3.85. The van der Waals surface area contributed by atoms with Gasteiger partial charge in [0, 0.05) is 35.3 Å². The molecule has 0 aromatic carbocycles. The first-order valence-corrected chi connectivity index (χ1v) is 7.76. The zero-order chi connectivity index (χ0) is 13.4. The topological polar surface area (TPSA) is 29.0 Å². The summed E-state index contributed by atoms with van der Waals surface area (Å²) in [5.41, 5.74) is 3.02. The maximum Gasteiger partial charge on any atom is 0.112 e. The Morgan fingerprint density at radius 1 is 1.47 bits per heavy atom. The van der Waals surface area contributed by atoms with E-state index in [4.69, 9.17) is 11.6 Å². The number of nitrogens with zero attached hydrogens (tertiary/aromatic N) is 3. The van der Waals surface area contributed by atoms with Crippen LogP contribution in [0.15, 0.2) is 29.0 Å². The summed E-state index contributed by atoms with van der Waals surface area (Å²) in [6, 6.07) is 4.43. The van der Waals surface area contributed by atoms with Crippen LogP contribution in [0, 0.1) is 5.92 Å². The molecule has 100 valence electrons. The lowest BCUT2D eigenvalue weighted by atomic mass is 10.0. The molecule has 1 fully saturated rings. The molecule has 19 heavy (non-hydrogen) atoms. The van der Waals surface area contributed by atoms with Gasteiger partial charge in [-0.2, -0.15) is 0 Å². The number of hydrogen-bond acceptors (Lipinski definition) is 3. The second-order valence-electron chi connectivity index (χ2n) is 5.03. The second kappa shape index (κ2) is 5.25. The quantitative estimate of drug-likeness (QED) is 0.778. The standard InChI is InChI=1S/C14H15BrClN3/c1-9-3-5-19(13(9)7-16)12-2-4-17-11-6-10(15)8-18-14(11)12/h2,4,6,8-9,13H,3,5,7H2,1H3. The predicted molar refractivity (Wildman–Crippen MR) is 82.9 cm³/mol. The smallest absolute Gasteiger partial charge is 0.112 e. The number of anilines is 1. The summed E-state index contributed by atoms with van der Waals surface area (Å²) in [6.45, 7) is 3.30. The third-order valence-corrected chi connectivity index (χ3v) is 4.62. The highest BCUT2D eigenvalue weighted by molar-refractivity contribution is 9.10. The van der Waals surface area contributed by atoms with Crippen LogP contribution in [0.4, 0.5) is 5.69 Å².